The number of nitrogens with two attached hydrogens (primary N) is 1. The molecule has 0 aliphatic carbocycles. The second-order valence-corrected chi connectivity index (χ2v) is 4.23. The van der Waals surface area contributed by atoms with Crippen molar-refractivity contribution in [3.63, 3.8) is 0 Å². The van der Waals surface area contributed by atoms with Gasteiger partial charge in [0.25, 0.3) is 0 Å². The smallest absolute Gasteiger partial charge is 0.134 e. The van der Waals surface area contributed by atoms with Crippen LogP contribution in [0.2, 0.25) is 0 Å². The van der Waals surface area contributed by atoms with Gasteiger partial charge in [-0.3, -0.25) is 4.98 Å². The van der Waals surface area contributed by atoms with Crippen LogP contribution in [-0.4, -0.2) is 15.1 Å². The molecule has 0 unspecified atom stereocenters. The van der Waals surface area contributed by atoms with Gasteiger partial charge in [0, 0.05) is 34.9 Å². The highest BCUT2D eigenvalue weighted by Crippen LogP contribution is 2.26. The Balaban J connectivity index is 2.12. The predicted octanol–water partition coefficient (Wildman–Crippen LogP) is 2.39. The van der Waals surface area contributed by atoms with Crippen molar-refractivity contribution in [2.45, 2.75) is 6.54 Å². The summed E-state index contributed by atoms with van der Waals surface area (Å²) in [5, 5.41) is 10.6. The van der Waals surface area contributed by atoms with Crippen LogP contribution < -0.4 is 5.73 Å². The van der Waals surface area contributed by atoms with E-state index in [1.54, 1.807) is 12.3 Å². The van der Waals surface area contributed by atoms with Gasteiger partial charge in [0.2, 0.25) is 0 Å². The summed E-state index contributed by atoms with van der Waals surface area (Å²) < 4.78 is 0. The van der Waals surface area contributed by atoms with E-state index in [0.29, 0.717) is 6.54 Å². The molecular weight excluding hydrogens is 226 g/mol. The van der Waals surface area contributed by atoms with E-state index in [2.05, 4.69) is 16.0 Å². The average molecular weight is 239 g/mol. The SMILES string of the molecule is NCc1cc2cc(-c3cncc(O)c3)ccc2[nH]1. The van der Waals surface area contributed by atoms with Crippen molar-refractivity contribution >= 4 is 10.9 Å². The molecule has 3 rings (SSSR count). The first-order valence-corrected chi connectivity index (χ1v) is 5.72. The van der Waals surface area contributed by atoms with Gasteiger partial charge in [-0.25, -0.2) is 0 Å². The quantitative estimate of drug-likeness (QED) is 0.642. The number of rotatable bonds is 2. The largest absolute Gasteiger partial charge is 0.506 e. The molecule has 0 aliphatic rings. The molecule has 0 aliphatic heterocycles. The van der Waals surface area contributed by atoms with Crippen molar-refractivity contribution in [3.05, 3.63) is 48.4 Å². The predicted molar refractivity (Wildman–Crippen MR) is 71.1 cm³/mol. The van der Waals surface area contributed by atoms with Crippen molar-refractivity contribution in [1.82, 2.24) is 9.97 Å². The summed E-state index contributed by atoms with van der Waals surface area (Å²) >= 11 is 0. The monoisotopic (exact) mass is 239 g/mol. The molecule has 0 saturated heterocycles. The van der Waals surface area contributed by atoms with Crippen molar-refractivity contribution in [2.24, 2.45) is 5.73 Å². The van der Waals surface area contributed by atoms with Gasteiger partial charge in [0.05, 0.1) is 6.20 Å². The number of hydrogen-bond donors (Lipinski definition) is 3. The number of aromatic nitrogens is 2. The summed E-state index contributed by atoms with van der Waals surface area (Å²) in [7, 11) is 0. The summed E-state index contributed by atoms with van der Waals surface area (Å²) in [4.78, 5) is 7.23. The van der Waals surface area contributed by atoms with Crippen LogP contribution in [-0.2, 0) is 6.54 Å². The van der Waals surface area contributed by atoms with Crippen molar-refractivity contribution in [1.29, 1.82) is 0 Å². The number of benzene rings is 1. The fourth-order valence-corrected chi connectivity index (χ4v) is 2.07. The molecule has 0 bridgehead atoms. The Labute approximate surface area is 104 Å². The maximum atomic E-state index is 9.44. The van der Waals surface area contributed by atoms with Gasteiger partial charge in [-0.1, -0.05) is 6.07 Å². The van der Waals surface area contributed by atoms with E-state index in [4.69, 9.17) is 5.73 Å². The zero-order chi connectivity index (χ0) is 12.5. The number of pyridine rings is 1. The highest BCUT2D eigenvalue weighted by molar-refractivity contribution is 5.85. The van der Waals surface area contributed by atoms with Crippen molar-refractivity contribution in [2.75, 3.05) is 0 Å². The number of H-pyrrole nitrogens is 1. The molecule has 1 aromatic carbocycles. The topological polar surface area (TPSA) is 74.9 Å². The number of nitrogens with zero attached hydrogens (tertiary/aromatic N) is 1. The Morgan fingerprint density at radius 1 is 1.11 bits per heavy atom. The Bertz CT molecular complexity index is 703. The summed E-state index contributed by atoms with van der Waals surface area (Å²) in [6.07, 6.45) is 3.15. The minimum absolute atomic E-state index is 0.171. The van der Waals surface area contributed by atoms with Crippen LogP contribution in [0.15, 0.2) is 42.7 Å². The number of fused-ring (bicyclic) bond motifs is 1. The number of nitrogens with one attached hydrogen (secondary N) is 1. The van der Waals surface area contributed by atoms with E-state index in [1.165, 1.54) is 6.20 Å². The molecule has 0 atom stereocenters. The first-order valence-electron chi connectivity index (χ1n) is 5.72. The normalized spacial score (nSPS) is 10.9. The molecule has 4 nitrogen and oxygen atoms in total. The van der Waals surface area contributed by atoms with Gasteiger partial charge in [-0.2, -0.15) is 0 Å². The highest BCUT2D eigenvalue weighted by atomic mass is 16.3. The van der Waals surface area contributed by atoms with Crippen LogP contribution in [0.3, 0.4) is 0 Å². The number of aromatic hydroxyl groups is 1. The Kier molecular flexibility index (Phi) is 2.50. The molecule has 0 saturated carbocycles. The first-order chi connectivity index (χ1) is 8.76. The van der Waals surface area contributed by atoms with E-state index < -0.39 is 0 Å². The molecule has 2 heterocycles. The van der Waals surface area contributed by atoms with Crippen LogP contribution in [0.4, 0.5) is 0 Å². The fourth-order valence-electron chi connectivity index (χ4n) is 2.07. The van der Waals surface area contributed by atoms with E-state index in [-0.39, 0.29) is 5.75 Å². The summed E-state index contributed by atoms with van der Waals surface area (Å²) in [5.41, 5.74) is 9.60. The first kappa shape index (κ1) is 10.8. The lowest BCUT2D eigenvalue weighted by Crippen LogP contribution is -1.94. The molecule has 0 fully saturated rings. The fraction of sp³-hybridized carbons (Fsp3) is 0.0714. The average Bonchev–Trinajstić information content (AvgIpc) is 2.80. The lowest BCUT2D eigenvalue weighted by Gasteiger charge is -2.01. The van der Waals surface area contributed by atoms with Crippen LogP contribution >= 0.6 is 0 Å². The Morgan fingerprint density at radius 3 is 2.78 bits per heavy atom. The Morgan fingerprint density at radius 2 is 2.00 bits per heavy atom. The molecule has 4 N–H and O–H groups in total. The minimum Gasteiger partial charge on any atom is -0.506 e. The molecule has 0 spiro atoms. The molecule has 0 radical (unpaired) electrons. The van der Waals surface area contributed by atoms with Gasteiger partial charge < -0.3 is 15.8 Å². The molecule has 3 aromatic rings. The van der Waals surface area contributed by atoms with Crippen LogP contribution in [0, 0.1) is 0 Å². The summed E-state index contributed by atoms with van der Waals surface area (Å²) in [5.74, 6) is 0.171. The summed E-state index contributed by atoms with van der Waals surface area (Å²) in [6.45, 7) is 0.498. The lowest BCUT2D eigenvalue weighted by atomic mass is 10.1. The highest BCUT2D eigenvalue weighted by Gasteiger charge is 2.03. The van der Waals surface area contributed by atoms with Crippen LogP contribution in [0.25, 0.3) is 22.0 Å². The van der Waals surface area contributed by atoms with Gasteiger partial charge in [0.1, 0.15) is 5.75 Å². The van der Waals surface area contributed by atoms with Crippen molar-refractivity contribution < 1.29 is 5.11 Å². The van der Waals surface area contributed by atoms with Gasteiger partial charge in [-0.05, 0) is 29.8 Å². The molecule has 4 heteroatoms. The third-order valence-corrected chi connectivity index (χ3v) is 2.95. The maximum absolute atomic E-state index is 9.44. The van der Waals surface area contributed by atoms with Gasteiger partial charge in [-0.15, -0.1) is 0 Å². The molecule has 2 aromatic heterocycles. The van der Waals surface area contributed by atoms with E-state index >= 15 is 0 Å². The third-order valence-electron chi connectivity index (χ3n) is 2.95. The van der Waals surface area contributed by atoms with Gasteiger partial charge >= 0.3 is 0 Å². The molecule has 90 valence electrons. The maximum Gasteiger partial charge on any atom is 0.134 e. The number of aromatic amines is 1. The van der Waals surface area contributed by atoms with Gasteiger partial charge in [0.15, 0.2) is 0 Å². The standard InChI is InChI=1S/C14H13N3O/c15-6-12-4-10-3-9(1-2-14(10)17-12)11-5-13(18)8-16-7-11/h1-5,7-8,17-18H,6,15H2. The van der Waals surface area contributed by atoms with E-state index in [9.17, 15) is 5.11 Å². The zero-order valence-corrected chi connectivity index (χ0v) is 9.72. The zero-order valence-electron chi connectivity index (χ0n) is 9.72. The summed E-state index contributed by atoms with van der Waals surface area (Å²) in [6, 6.07) is 9.80. The van der Waals surface area contributed by atoms with E-state index in [0.717, 1.165) is 27.7 Å². The van der Waals surface area contributed by atoms with Crippen molar-refractivity contribution in [3.8, 4) is 16.9 Å². The lowest BCUT2D eigenvalue weighted by molar-refractivity contribution is 0.473. The molecule has 0 amide bonds. The molecular formula is C14H13N3O. The van der Waals surface area contributed by atoms with E-state index in [1.807, 2.05) is 18.2 Å². The van der Waals surface area contributed by atoms with Crippen LogP contribution in [0.5, 0.6) is 5.75 Å². The minimum atomic E-state index is 0.171. The number of hydrogen-bond acceptors (Lipinski definition) is 3. The third kappa shape index (κ3) is 1.83. The Hall–Kier alpha value is -2.33. The van der Waals surface area contributed by atoms with Crippen LogP contribution in [0.1, 0.15) is 5.69 Å². The second-order valence-electron chi connectivity index (χ2n) is 4.23. The molecule has 18 heavy (non-hydrogen) atoms. The second kappa shape index (κ2) is 4.16.